The zero-order valence-corrected chi connectivity index (χ0v) is 84.6. The number of nitrogens with one attached hydrogen (secondary N) is 5. The van der Waals surface area contributed by atoms with Crippen LogP contribution in [0.2, 0.25) is 0 Å². The van der Waals surface area contributed by atoms with Crippen LogP contribution in [0.3, 0.4) is 0 Å². The lowest BCUT2D eigenvalue weighted by molar-refractivity contribution is 0.118. The molecule has 1 saturated heterocycles. The summed E-state index contributed by atoms with van der Waals surface area (Å²) in [6.07, 6.45) is 19.1. The Balaban J connectivity index is 0.0000000968. The molecule has 148 heavy (non-hydrogen) atoms. The monoisotopic (exact) mass is 1920 g/mol. The van der Waals surface area contributed by atoms with E-state index >= 15 is 0 Å². The minimum atomic E-state index is -0.0683. The van der Waals surface area contributed by atoms with Gasteiger partial charge >= 0.3 is 0 Å². The summed E-state index contributed by atoms with van der Waals surface area (Å²) in [7, 11) is 0. The summed E-state index contributed by atoms with van der Waals surface area (Å²) in [5.41, 5.74) is 36.2. The van der Waals surface area contributed by atoms with E-state index in [1.165, 1.54) is 198 Å². The van der Waals surface area contributed by atoms with Crippen LogP contribution >= 0.6 is 0 Å². The highest BCUT2D eigenvalue weighted by Crippen LogP contribution is 2.60. The molecule has 3 aromatic heterocycles. The quantitative estimate of drug-likeness (QED) is 0.0891. The molecule has 5 aliphatic carbocycles. The predicted octanol–water partition coefficient (Wildman–Crippen LogP) is 37.5. The van der Waals surface area contributed by atoms with E-state index < -0.39 is 0 Å². The van der Waals surface area contributed by atoms with Gasteiger partial charge < -0.3 is 44.9 Å². The predicted molar refractivity (Wildman–Crippen MR) is 624 cm³/mol. The molecule has 8 atom stereocenters. The topological polar surface area (TPSA) is 86.1 Å². The van der Waals surface area contributed by atoms with Crippen molar-refractivity contribution >= 4 is 139 Å². The Kier molecular flexibility index (Phi) is 24.0. The number of aromatic amines is 3. The van der Waals surface area contributed by atoms with E-state index in [1.807, 2.05) is 12.1 Å². The van der Waals surface area contributed by atoms with Gasteiger partial charge in [0.15, 0.2) is 0 Å². The van der Waals surface area contributed by atoms with E-state index in [-0.39, 0.29) is 10.8 Å². The van der Waals surface area contributed by atoms with Crippen LogP contribution in [0.15, 0.2) is 461 Å². The Hall–Kier alpha value is -16.5. The first kappa shape index (κ1) is 91.5. The van der Waals surface area contributed by atoms with E-state index in [0.29, 0.717) is 0 Å². The van der Waals surface area contributed by atoms with E-state index in [0.717, 1.165) is 93.1 Å². The molecule has 5 fully saturated rings. The normalized spacial score (nSPS) is 18.8. The van der Waals surface area contributed by atoms with Crippen LogP contribution in [0.5, 0.6) is 0 Å². The fourth-order valence-electron chi connectivity index (χ4n) is 27.2. The average Bonchev–Trinajstić information content (AvgIpc) is 1.18. The molecule has 0 radical (unpaired) electrons. The van der Waals surface area contributed by atoms with Crippen LogP contribution in [-0.4, -0.2) is 31.6 Å². The lowest BCUT2D eigenvalue weighted by atomic mass is 9.65. The van der Waals surface area contributed by atoms with Gasteiger partial charge in [-0.2, -0.15) is 0 Å². The average molecular weight is 1920 g/mol. The maximum atomic E-state index is 4.18. The van der Waals surface area contributed by atoms with Crippen LogP contribution in [-0.2, 0) is 10.8 Å². The molecule has 4 aliphatic heterocycles. The van der Waals surface area contributed by atoms with Crippen molar-refractivity contribution in [2.45, 2.75) is 121 Å². The first-order chi connectivity index (χ1) is 72.9. The maximum absolute atomic E-state index is 4.18. The number of fused-ring (bicyclic) bond motifs is 24. The van der Waals surface area contributed by atoms with Gasteiger partial charge in [0.1, 0.15) is 0 Å². The number of pyridine rings is 1. The van der Waals surface area contributed by atoms with Gasteiger partial charge in [0.2, 0.25) is 0 Å². The van der Waals surface area contributed by atoms with Gasteiger partial charge in [-0.25, -0.2) is 0 Å². The Labute approximate surface area is 868 Å². The molecule has 7 heterocycles. The van der Waals surface area contributed by atoms with Crippen molar-refractivity contribution in [1.82, 2.24) is 24.8 Å². The molecule has 18 aromatic carbocycles. The number of H-pyrrole nitrogens is 3. The molecular weight excluding hydrogens is 1800 g/mol. The Bertz CT molecular complexity index is 8440. The minimum Gasteiger partial charge on any atom is -0.359 e. The van der Waals surface area contributed by atoms with Gasteiger partial charge in [-0.3, -0.25) is 0 Å². The second-order valence-electron chi connectivity index (χ2n) is 43.1. The van der Waals surface area contributed by atoms with E-state index in [1.54, 1.807) is 38.5 Å². The summed E-state index contributed by atoms with van der Waals surface area (Å²) in [6.45, 7) is 9.31. The second kappa shape index (κ2) is 38.8. The number of aromatic nitrogens is 4. The molecule has 9 nitrogen and oxygen atoms in total. The second-order valence-corrected chi connectivity index (χ2v) is 43.1. The summed E-state index contributed by atoms with van der Waals surface area (Å²) >= 11 is 0. The smallest absolute Gasteiger partial charge is 0.0628 e. The summed E-state index contributed by atoms with van der Waals surface area (Å²) in [5, 5.41) is 18.0. The lowest BCUT2D eigenvalue weighted by Gasteiger charge is -2.42. The molecule has 724 valence electrons. The number of anilines is 11. The Morgan fingerprint density at radius 3 is 1.39 bits per heavy atom. The van der Waals surface area contributed by atoms with E-state index in [9.17, 15) is 0 Å². The van der Waals surface area contributed by atoms with Crippen molar-refractivity contribution in [1.29, 1.82) is 0 Å². The molecule has 0 spiro atoms. The summed E-state index contributed by atoms with van der Waals surface area (Å²) in [5.74, 6) is 6.60. The number of hydrogen-bond donors (Lipinski definition) is 5. The molecule has 0 bridgehead atoms. The van der Waals surface area contributed by atoms with Crippen molar-refractivity contribution in [2.24, 2.45) is 35.5 Å². The van der Waals surface area contributed by atoms with Crippen LogP contribution in [0, 0.1) is 35.5 Å². The molecule has 0 amide bonds. The number of hydrogen-bond acceptors (Lipinski definition) is 5. The molecule has 4 saturated carbocycles. The van der Waals surface area contributed by atoms with Crippen molar-refractivity contribution in [3.05, 3.63) is 483 Å². The minimum absolute atomic E-state index is 0.0494. The van der Waals surface area contributed by atoms with Gasteiger partial charge in [-0.15, -0.1) is 0 Å². The largest absolute Gasteiger partial charge is 0.359 e. The number of benzene rings is 18. The van der Waals surface area contributed by atoms with Gasteiger partial charge in [0.25, 0.3) is 0 Å². The zero-order valence-electron chi connectivity index (χ0n) is 84.6. The van der Waals surface area contributed by atoms with E-state index in [2.05, 4.69) is 522 Å². The SMILES string of the molecule is C1CCC2C(C1)CC1C2CCC2C3CCCCC3NC21.CC1(C)c2ccccc2Nc2ccc(-c3ccc(N4c5ccccc5C(C)(C)c5ccccc54)cc3)cc21.c1ccc(-c2ccc3c(c2)c2cc(-c4ccccc4)ccc2n3-c2ccc(N(c3ccccc3)c3ccccc3)cc2)cc1.c1ccc(N(c2ccccc2)c2c[nH]c3cc4ccccc4c-3c2)cc1.c1ccc2c(c1)[nH]c1c2ccc2[nH]c3ccccc3c21. The maximum Gasteiger partial charge on any atom is 0.0628 e. The van der Waals surface area contributed by atoms with E-state index in [4.69, 9.17) is 0 Å². The highest BCUT2D eigenvalue weighted by Gasteiger charge is 2.56. The van der Waals surface area contributed by atoms with Gasteiger partial charge in [-0.1, -0.05) is 345 Å². The fraction of sp³-hybridized carbons (Fsp3) is 0.180. The van der Waals surface area contributed by atoms with Gasteiger partial charge in [-0.05, 0) is 310 Å². The van der Waals surface area contributed by atoms with Crippen LogP contribution < -0.4 is 25.3 Å². The summed E-state index contributed by atoms with van der Waals surface area (Å²) in [4.78, 5) is 17.5. The van der Waals surface area contributed by atoms with Crippen LogP contribution in [0.1, 0.15) is 121 Å². The third-order valence-corrected chi connectivity index (χ3v) is 34.2. The summed E-state index contributed by atoms with van der Waals surface area (Å²) < 4.78 is 2.40. The van der Waals surface area contributed by atoms with Crippen molar-refractivity contribution in [3.8, 4) is 50.3 Å². The number of nitrogens with zero attached hydrogens (tertiary/aromatic N) is 4. The molecule has 5 N–H and O–H groups in total. The van der Waals surface area contributed by atoms with Gasteiger partial charge in [0.05, 0.1) is 33.6 Å². The number of rotatable bonds is 11. The molecule has 21 aromatic rings. The third-order valence-electron chi connectivity index (χ3n) is 34.2. The Morgan fingerprint density at radius 1 is 0.291 bits per heavy atom. The lowest BCUT2D eigenvalue weighted by Crippen LogP contribution is -2.43. The third kappa shape index (κ3) is 16.7. The van der Waals surface area contributed by atoms with Crippen molar-refractivity contribution < 1.29 is 0 Å². The molecule has 9 aliphatic rings. The highest BCUT2D eigenvalue weighted by molar-refractivity contribution is 6.24. The fourth-order valence-corrected chi connectivity index (χ4v) is 27.2. The standard InChI is InChI=1S/C42H30N2.C36H32N2.C24H18N2.C19H31N.C18H12N2/c1-5-13-31(14-6-1)33-21-27-41-39(29-33)40-30-34(32-15-7-2-8-16-32)22-28-42(40)44(41)38-25-23-37(24-26-38)43(35-17-9-3-10-18-35)36-19-11-4-12-20-36;1-35(2)27-11-5-8-14-31(27)37-32-22-19-25(23-30(32)35)24-17-20-26(21-18-24)38-33-15-9-6-12-28(33)36(3,4)29-13-7-10-16-34(29)38;1-3-10-19(11-4-1)26(20-12-5-2-6-13-20)21-16-23-22-14-8-7-9-18(22)15-24(23)25-17-21;1-2-6-13-12(5-1)11-17-14(13)9-10-16-15-7-3-4-8-18(15)20-19(16)17;1-3-7-14-11(5-1)12-9-10-16-17(18(12)20-14)13-6-2-4-8-15(13)19-16/h1-30H;5-23,37H,1-4H3;1-17,25H;12-20H,1-11H2;1-10,19-20H. The summed E-state index contributed by atoms with van der Waals surface area (Å²) in [6, 6.07) is 164. The van der Waals surface area contributed by atoms with Crippen LogP contribution in [0.25, 0.3) is 127 Å². The zero-order chi connectivity index (χ0) is 98.9. The first-order valence-corrected chi connectivity index (χ1v) is 53.8. The highest BCUT2D eigenvalue weighted by atomic mass is 15.2. The molecule has 9 heteroatoms. The molecular formula is C139H123N9. The number of para-hydroxylation sites is 9. The molecule has 8 unspecified atom stereocenters. The van der Waals surface area contributed by atoms with Gasteiger partial charge in [0, 0.05) is 140 Å². The van der Waals surface area contributed by atoms with Crippen molar-refractivity contribution in [2.75, 3.05) is 20.0 Å². The molecule has 30 rings (SSSR count). The van der Waals surface area contributed by atoms with Crippen molar-refractivity contribution in [3.63, 3.8) is 0 Å². The Morgan fingerprint density at radius 2 is 0.757 bits per heavy atom. The van der Waals surface area contributed by atoms with Crippen LogP contribution in [0.4, 0.5) is 62.6 Å². The first-order valence-electron chi connectivity index (χ1n) is 53.8.